The first-order valence-corrected chi connectivity index (χ1v) is 7.13. The van der Waals surface area contributed by atoms with E-state index in [0.29, 0.717) is 0 Å². The van der Waals surface area contributed by atoms with E-state index < -0.39 is 0 Å². The summed E-state index contributed by atoms with van der Waals surface area (Å²) in [4.78, 5) is 11.5. The fourth-order valence-electron chi connectivity index (χ4n) is 2.53. The normalized spacial score (nSPS) is 21.4. The van der Waals surface area contributed by atoms with Crippen LogP contribution < -0.4 is 15.4 Å². The van der Waals surface area contributed by atoms with Crippen LogP contribution in [0.4, 0.5) is 0 Å². The molecule has 0 spiro atoms. The number of benzene rings is 1. The van der Waals surface area contributed by atoms with Crippen LogP contribution in [0.15, 0.2) is 36.0 Å². The number of nitrogens with one attached hydrogen (secondary N) is 2. The Morgan fingerprint density at radius 3 is 2.70 bits per heavy atom. The molecule has 1 saturated carbocycles. The summed E-state index contributed by atoms with van der Waals surface area (Å²) in [6.07, 6.45) is 5.36. The van der Waals surface area contributed by atoms with E-state index in [1.807, 2.05) is 24.3 Å². The maximum absolute atomic E-state index is 11.5. The summed E-state index contributed by atoms with van der Waals surface area (Å²) in [5.74, 6) is 1.68. The molecule has 0 bridgehead atoms. The van der Waals surface area contributed by atoms with Crippen LogP contribution in [0, 0.1) is 5.92 Å². The van der Waals surface area contributed by atoms with Crippen LogP contribution in [0.1, 0.15) is 24.8 Å². The highest BCUT2D eigenvalue weighted by Gasteiger charge is 2.31. The summed E-state index contributed by atoms with van der Waals surface area (Å²) < 4.78 is 5.14. The van der Waals surface area contributed by atoms with Gasteiger partial charge in [-0.05, 0) is 30.0 Å². The maximum Gasteiger partial charge on any atom is 0.246 e. The van der Waals surface area contributed by atoms with Gasteiger partial charge in [0.05, 0.1) is 13.2 Å². The van der Waals surface area contributed by atoms with Gasteiger partial charge in [0, 0.05) is 18.3 Å². The lowest BCUT2D eigenvalue weighted by Gasteiger charge is -2.16. The molecule has 1 amide bonds. The predicted octanol–water partition coefficient (Wildman–Crippen LogP) is 1.97. The summed E-state index contributed by atoms with van der Waals surface area (Å²) in [7, 11) is 1.66. The zero-order valence-corrected chi connectivity index (χ0v) is 11.7. The van der Waals surface area contributed by atoms with Crippen molar-refractivity contribution < 1.29 is 9.53 Å². The second kappa shape index (κ2) is 5.57. The predicted molar refractivity (Wildman–Crippen MR) is 77.2 cm³/mol. The fourth-order valence-corrected chi connectivity index (χ4v) is 2.53. The minimum Gasteiger partial charge on any atom is -0.497 e. The van der Waals surface area contributed by atoms with Crippen molar-refractivity contribution in [3.8, 4) is 5.75 Å². The molecule has 3 rings (SSSR count). The average molecular weight is 272 g/mol. The quantitative estimate of drug-likeness (QED) is 0.832. The molecular formula is C16H20N2O2. The standard InChI is InChI=1S/C16H20N2O2/c1-20-13-6-4-12(5-7-13)10-17-14-9-16(19)18-15(14)8-11-2-3-11/h4-7,9,11,15,17H,2-3,8,10H2,1H3,(H,18,19). The van der Waals surface area contributed by atoms with E-state index in [4.69, 9.17) is 4.74 Å². The second-order valence-electron chi connectivity index (χ2n) is 5.54. The Morgan fingerprint density at radius 1 is 1.30 bits per heavy atom. The summed E-state index contributed by atoms with van der Waals surface area (Å²) >= 11 is 0. The molecule has 106 valence electrons. The number of hydrogen-bond acceptors (Lipinski definition) is 3. The molecule has 1 aliphatic heterocycles. The van der Waals surface area contributed by atoms with Crippen LogP contribution in [-0.4, -0.2) is 19.1 Å². The van der Waals surface area contributed by atoms with Crippen LogP contribution in [0.3, 0.4) is 0 Å². The van der Waals surface area contributed by atoms with E-state index >= 15 is 0 Å². The number of rotatable bonds is 6. The molecular weight excluding hydrogens is 252 g/mol. The molecule has 20 heavy (non-hydrogen) atoms. The summed E-state index contributed by atoms with van der Waals surface area (Å²) in [6, 6.07) is 8.14. The third-order valence-electron chi connectivity index (χ3n) is 3.90. The molecule has 1 aliphatic carbocycles. The number of hydrogen-bond donors (Lipinski definition) is 2. The zero-order chi connectivity index (χ0) is 13.9. The topological polar surface area (TPSA) is 50.4 Å². The van der Waals surface area contributed by atoms with Gasteiger partial charge in [-0.3, -0.25) is 4.79 Å². The minimum atomic E-state index is 0.0212. The van der Waals surface area contributed by atoms with Gasteiger partial charge in [0.2, 0.25) is 5.91 Å². The molecule has 1 aromatic carbocycles. The molecule has 4 nitrogen and oxygen atoms in total. The largest absolute Gasteiger partial charge is 0.497 e. The van der Waals surface area contributed by atoms with Crippen LogP contribution in [-0.2, 0) is 11.3 Å². The van der Waals surface area contributed by atoms with Gasteiger partial charge in [-0.25, -0.2) is 0 Å². The van der Waals surface area contributed by atoms with Crippen molar-refractivity contribution in [3.05, 3.63) is 41.6 Å². The fraction of sp³-hybridized carbons (Fsp3) is 0.438. The van der Waals surface area contributed by atoms with E-state index in [0.717, 1.165) is 30.3 Å². The molecule has 1 aromatic rings. The number of carbonyl (C=O) groups is 1. The first-order chi connectivity index (χ1) is 9.74. The van der Waals surface area contributed by atoms with Crippen molar-refractivity contribution in [1.82, 2.24) is 10.6 Å². The highest BCUT2D eigenvalue weighted by molar-refractivity contribution is 5.91. The van der Waals surface area contributed by atoms with Crippen molar-refractivity contribution in [2.75, 3.05) is 7.11 Å². The first-order valence-electron chi connectivity index (χ1n) is 7.13. The second-order valence-corrected chi connectivity index (χ2v) is 5.54. The maximum atomic E-state index is 11.5. The SMILES string of the molecule is COc1ccc(CNC2=CC(=O)NC2CC2CC2)cc1. The third-order valence-corrected chi connectivity index (χ3v) is 3.90. The van der Waals surface area contributed by atoms with Crippen molar-refractivity contribution in [3.63, 3.8) is 0 Å². The Hall–Kier alpha value is -1.97. The van der Waals surface area contributed by atoms with Crippen LogP contribution in [0.25, 0.3) is 0 Å². The molecule has 2 N–H and O–H groups in total. The van der Waals surface area contributed by atoms with Gasteiger partial charge < -0.3 is 15.4 Å². The monoisotopic (exact) mass is 272 g/mol. The van der Waals surface area contributed by atoms with Gasteiger partial charge in [0.25, 0.3) is 0 Å². The molecule has 1 unspecified atom stereocenters. The summed E-state index contributed by atoms with van der Waals surface area (Å²) in [6.45, 7) is 0.728. The highest BCUT2D eigenvalue weighted by atomic mass is 16.5. The molecule has 0 saturated heterocycles. The van der Waals surface area contributed by atoms with Gasteiger partial charge >= 0.3 is 0 Å². The lowest BCUT2D eigenvalue weighted by Crippen LogP contribution is -2.33. The van der Waals surface area contributed by atoms with Crippen molar-refractivity contribution >= 4 is 5.91 Å². The number of amides is 1. The van der Waals surface area contributed by atoms with Crippen LogP contribution in [0.5, 0.6) is 5.75 Å². The van der Waals surface area contributed by atoms with Crippen molar-refractivity contribution in [1.29, 1.82) is 0 Å². The van der Waals surface area contributed by atoms with Gasteiger partial charge in [0.1, 0.15) is 5.75 Å². The lowest BCUT2D eigenvalue weighted by atomic mass is 10.1. The number of carbonyl (C=O) groups excluding carboxylic acids is 1. The molecule has 1 atom stereocenters. The van der Waals surface area contributed by atoms with E-state index in [-0.39, 0.29) is 11.9 Å². The Morgan fingerprint density at radius 2 is 2.05 bits per heavy atom. The molecule has 0 aromatic heterocycles. The van der Waals surface area contributed by atoms with Gasteiger partial charge in [-0.2, -0.15) is 0 Å². The Kier molecular flexibility index (Phi) is 3.63. The van der Waals surface area contributed by atoms with Crippen LogP contribution in [0.2, 0.25) is 0 Å². The van der Waals surface area contributed by atoms with E-state index in [2.05, 4.69) is 10.6 Å². The van der Waals surface area contributed by atoms with Crippen LogP contribution >= 0.6 is 0 Å². The molecule has 1 fully saturated rings. The Bertz CT molecular complexity index is 518. The molecule has 4 heteroatoms. The molecule has 0 radical (unpaired) electrons. The van der Waals surface area contributed by atoms with Crippen molar-refractivity contribution in [2.45, 2.75) is 31.8 Å². The summed E-state index contributed by atoms with van der Waals surface area (Å²) in [5.41, 5.74) is 2.20. The Balaban J connectivity index is 1.57. The number of methoxy groups -OCH3 is 1. The summed E-state index contributed by atoms with van der Waals surface area (Å²) in [5, 5.41) is 6.40. The molecule has 1 heterocycles. The van der Waals surface area contributed by atoms with Crippen molar-refractivity contribution in [2.24, 2.45) is 5.92 Å². The van der Waals surface area contributed by atoms with Gasteiger partial charge in [-0.15, -0.1) is 0 Å². The first kappa shape index (κ1) is 13.0. The smallest absolute Gasteiger partial charge is 0.246 e. The molecule has 2 aliphatic rings. The lowest BCUT2D eigenvalue weighted by molar-refractivity contribution is -0.116. The minimum absolute atomic E-state index is 0.0212. The highest BCUT2D eigenvalue weighted by Crippen LogP contribution is 2.35. The number of ether oxygens (including phenoxy) is 1. The van der Waals surface area contributed by atoms with Gasteiger partial charge in [-0.1, -0.05) is 25.0 Å². The van der Waals surface area contributed by atoms with E-state index in [9.17, 15) is 4.79 Å². The zero-order valence-electron chi connectivity index (χ0n) is 11.7. The van der Waals surface area contributed by atoms with E-state index in [1.54, 1.807) is 13.2 Å². The Labute approximate surface area is 119 Å². The van der Waals surface area contributed by atoms with Gasteiger partial charge in [0.15, 0.2) is 0 Å². The van der Waals surface area contributed by atoms with E-state index in [1.165, 1.54) is 18.4 Å². The third kappa shape index (κ3) is 3.13. The average Bonchev–Trinajstić information content (AvgIpc) is 3.20.